The Hall–Kier alpha value is -3.01. The van der Waals surface area contributed by atoms with Crippen LogP contribution < -0.4 is 14.8 Å². The summed E-state index contributed by atoms with van der Waals surface area (Å²) >= 11 is 0. The van der Waals surface area contributed by atoms with Gasteiger partial charge in [-0.3, -0.25) is 4.98 Å². The number of hydrogen-bond donors (Lipinski definition) is 1. The number of pyridine rings is 1. The van der Waals surface area contributed by atoms with E-state index in [2.05, 4.69) is 28.5 Å². The Morgan fingerprint density at radius 1 is 0.917 bits per heavy atom. The topological polar surface area (TPSA) is 43.4 Å². The van der Waals surface area contributed by atoms with Crippen molar-refractivity contribution in [3.8, 4) is 22.6 Å². The minimum atomic E-state index is -0.0723. The van der Waals surface area contributed by atoms with Crippen LogP contribution in [0.15, 0.2) is 60.8 Å². The van der Waals surface area contributed by atoms with Crippen molar-refractivity contribution in [2.45, 2.75) is 6.04 Å². The first-order valence-electron chi connectivity index (χ1n) is 7.84. The van der Waals surface area contributed by atoms with E-state index in [0.717, 1.165) is 39.6 Å². The van der Waals surface area contributed by atoms with Crippen LogP contribution in [0.4, 0.5) is 5.69 Å². The molecule has 1 aliphatic heterocycles. The highest BCUT2D eigenvalue weighted by atomic mass is 16.5. The molecule has 0 saturated heterocycles. The molecule has 1 aromatic heterocycles. The van der Waals surface area contributed by atoms with Crippen molar-refractivity contribution < 1.29 is 9.47 Å². The van der Waals surface area contributed by atoms with Gasteiger partial charge in [0.05, 0.1) is 26.0 Å². The Morgan fingerprint density at radius 3 is 2.50 bits per heavy atom. The molecule has 1 aliphatic rings. The molecule has 2 aromatic carbocycles. The molecule has 1 unspecified atom stereocenters. The summed E-state index contributed by atoms with van der Waals surface area (Å²) in [5.41, 5.74) is 5.36. The quantitative estimate of drug-likeness (QED) is 0.783. The van der Waals surface area contributed by atoms with Crippen LogP contribution in [0, 0.1) is 0 Å². The molecule has 4 heteroatoms. The molecular formula is C20H18N2O2. The zero-order chi connectivity index (χ0) is 16.5. The first kappa shape index (κ1) is 14.6. The molecule has 120 valence electrons. The summed E-state index contributed by atoms with van der Waals surface area (Å²) in [6.45, 7) is 0. The number of methoxy groups -OCH3 is 2. The van der Waals surface area contributed by atoms with E-state index >= 15 is 0 Å². The maximum atomic E-state index is 5.67. The lowest BCUT2D eigenvalue weighted by molar-refractivity contribution is 0.390. The van der Waals surface area contributed by atoms with E-state index in [-0.39, 0.29) is 6.04 Å². The van der Waals surface area contributed by atoms with Gasteiger partial charge in [-0.2, -0.15) is 0 Å². The summed E-state index contributed by atoms with van der Waals surface area (Å²) in [4.78, 5) is 4.54. The predicted octanol–water partition coefficient (Wildman–Crippen LogP) is 4.28. The van der Waals surface area contributed by atoms with Gasteiger partial charge in [0.25, 0.3) is 0 Å². The number of aromatic nitrogens is 1. The smallest absolute Gasteiger partial charge is 0.128 e. The monoisotopic (exact) mass is 318 g/mol. The summed E-state index contributed by atoms with van der Waals surface area (Å²) in [5, 5.41) is 3.60. The average molecular weight is 318 g/mol. The maximum absolute atomic E-state index is 5.67. The predicted molar refractivity (Wildman–Crippen MR) is 94.7 cm³/mol. The fourth-order valence-electron chi connectivity index (χ4n) is 3.25. The third-order valence-electron chi connectivity index (χ3n) is 4.36. The third-order valence-corrected chi connectivity index (χ3v) is 4.36. The van der Waals surface area contributed by atoms with Gasteiger partial charge in [-0.25, -0.2) is 0 Å². The minimum absolute atomic E-state index is 0.0723. The maximum Gasteiger partial charge on any atom is 0.128 e. The molecular weight excluding hydrogens is 300 g/mol. The van der Waals surface area contributed by atoms with E-state index < -0.39 is 0 Å². The van der Waals surface area contributed by atoms with E-state index in [4.69, 9.17) is 9.47 Å². The molecule has 0 bridgehead atoms. The van der Waals surface area contributed by atoms with Crippen LogP contribution in [0.5, 0.6) is 11.5 Å². The van der Waals surface area contributed by atoms with Crippen LogP contribution in [-0.4, -0.2) is 19.2 Å². The summed E-state index contributed by atoms with van der Waals surface area (Å²) in [7, 11) is 3.36. The zero-order valence-corrected chi connectivity index (χ0v) is 13.6. The van der Waals surface area contributed by atoms with Crippen molar-refractivity contribution in [3.05, 3.63) is 72.1 Å². The molecule has 3 aromatic rings. The van der Waals surface area contributed by atoms with Gasteiger partial charge in [-0.15, -0.1) is 0 Å². The van der Waals surface area contributed by atoms with Gasteiger partial charge in [0.1, 0.15) is 11.5 Å². The van der Waals surface area contributed by atoms with Crippen LogP contribution in [-0.2, 0) is 0 Å². The average Bonchev–Trinajstić information content (AvgIpc) is 2.67. The van der Waals surface area contributed by atoms with E-state index in [1.165, 1.54) is 0 Å². The second kappa shape index (κ2) is 5.89. The molecule has 2 heterocycles. The van der Waals surface area contributed by atoms with Crippen LogP contribution in [0.1, 0.15) is 17.3 Å². The fraction of sp³-hybridized carbons (Fsp3) is 0.150. The molecule has 1 N–H and O–H groups in total. The first-order valence-corrected chi connectivity index (χ1v) is 7.84. The van der Waals surface area contributed by atoms with Crippen LogP contribution in [0.3, 0.4) is 0 Å². The number of nitrogens with one attached hydrogen (secondary N) is 1. The van der Waals surface area contributed by atoms with Crippen molar-refractivity contribution in [1.29, 1.82) is 0 Å². The molecule has 4 rings (SSSR count). The van der Waals surface area contributed by atoms with Crippen molar-refractivity contribution in [3.63, 3.8) is 0 Å². The Labute approximate surface area is 141 Å². The van der Waals surface area contributed by atoms with Crippen molar-refractivity contribution in [2.24, 2.45) is 0 Å². The number of anilines is 1. The first-order chi connectivity index (χ1) is 11.8. The standard InChI is InChI=1S/C20H18N2O2/c1-23-13-11-15-14-7-3-4-8-16(14)22-20(17-9-5-6-10-21-17)19(15)18(12-13)24-2/h3-12,20,22H,1-2H3. The highest BCUT2D eigenvalue weighted by Gasteiger charge is 2.30. The zero-order valence-electron chi connectivity index (χ0n) is 13.6. The van der Waals surface area contributed by atoms with Gasteiger partial charge < -0.3 is 14.8 Å². The van der Waals surface area contributed by atoms with Crippen molar-refractivity contribution in [1.82, 2.24) is 4.98 Å². The highest BCUT2D eigenvalue weighted by molar-refractivity contribution is 5.87. The summed E-state index contributed by atoms with van der Waals surface area (Å²) in [6, 6.07) is 18.1. The molecule has 0 saturated carbocycles. The number of rotatable bonds is 3. The van der Waals surface area contributed by atoms with Gasteiger partial charge in [-0.1, -0.05) is 24.3 Å². The summed E-state index contributed by atoms with van der Waals surface area (Å²) in [5.74, 6) is 1.57. The van der Waals surface area contributed by atoms with E-state index in [1.54, 1.807) is 14.2 Å². The summed E-state index contributed by atoms with van der Waals surface area (Å²) < 4.78 is 11.1. The number of ether oxygens (including phenoxy) is 2. The number of benzene rings is 2. The van der Waals surface area contributed by atoms with Gasteiger partial charge in [0, 0.05) is 29.1 Å². The Bertz CT molecular complexity index is 878. The molecule has 4 nitrogen and oxygen atoms in total. The van der Waals surface area contributed by atoms with Gasteiger partial charge in [-0.05, 0) is 29.8 Å². The largest absolute Gasteiger partial charge is 0.497 e. The van der Waals surface area contributed by atoms with Crippen LogP contribution in [0.2, 0.25) is 0 Å². The Kier molecular flexibility index (Phi) is 3.58. The lowest BCUT2D eigenvalue weighted by Crippen LogP contribution is -2.20. The number of fused-ring (bicyclic) bond motifs is 3. The Balaban J connectivity index is 2.00. The minimum Gasteiger partial charge on any atom is -0.497 e. The molecule has 1 atom stereocenters. The van der Waals surface area contributed by atoms with Gasteiger partial charge >= 0.3 is 0 Å². The Morgan fingerprint density at radius 2 is 1.75 bits per heavy atom. The number of para-hydroxylation sites is 1. The molecule has 0 radical (unpaired) electrons. The van der Waals surface area contributed by atoms with E-state index in [0.29, 0.717) is 0 Å². The fourth-order valence-corrected chi connectivity index (χ4v) is 3.25. The van der Waals surface area contributed by atoms with Crippen molar-refractivity contribution >= 4 is 5.69 Å². The second-order valence-corrected chi connectivity index (χ2v) is 5.67. The highest BCUT2D eigenvalue weighted by Crippen LogP contribution is 2.48. The van der Waals surface area contributed by atoms with Gasteiger partial charge in [0.2, 0.25) is 0 Å². The number of nitrogens with zero attached hydrogens (tertiary/aromatic N) is 1. The van der Waals surface area contributed by atoms with Crippen LogP contribution >= 0.6 is 0 Å². The summed E-state index contributed by atoms with van der Waals surface area (Å²) in [6.07, 6.45) is 1.81. The normalized spacial score (nSPS) is 15.0. The molecule has 0 aliphatic carbocycles. The molecule has 0 amide bonds. The lowest BCUT2D eigenvalue weighted by atomic mass is 9.87. The SMILES string of the molecule is COc1cc(OC)c2c(c1)-c1ccccc1NC2c1ccccn1. The number of hydrogen-bond acceptors (Lipinski definition) is 4. The third kappa shape index (κ3) is 2.27. The van der Waals surface area contributed by atoms with Crippen molar-refractivity contribution in [2.75, 3.05) is 19.5 Å². The molecule has 24 heavy (non-hydrogen) atoms. The van der Waals surface area contributed by atoms with E-state index in [9.17, 15) is 0 Å². The van der Waals surface area contributed by atoms with Gasteiger partial charge in [0.15, 0.2) is 0 Å². The second-order valence-electron chi connectivity index (χ2n) is 5.67. The van der Waals surface area contributed by atoms with E-state index in [1.807, 2.05) is 42.6 Å². The van der Waals surface area contributed by atoms with Crippen LogP contribution in [0.25, 0.3) is 11.1 Å². The lowest BCUT2D eigenvalue weighted by Gasteiger charge is -2.31. The molecule has 0 spiro atoms. The molecule has 0 fully saturated rings.